The molecule has 0 saturated heterocycles. The summed E-state index contributed by atoms with van der Waals surface area (Å²) < 4.78 is 0. The summed E-state index contributed by atoms with van der Waals surface area (Å²) in [7, 11) is 0. The van der Waals surface area contributed by atoms with Gasteiger partial charge in [-0.3, -0.25) is 9.78 Å². The molecule has 19 heavy (non-hydrogen) atoms. The fraction of sp³-hybridized carbons (Fsp3) is 0.625. The number of hydrogen-bond donors (Lipinski definition) is 1. The van der Waals surface area contributed by atoms with Crippen LogP contribution in [-0.2, 0) is 17.6 Å². The molecule has 1 heterocycles. The Bertz CT molecular complexity index is 431. The van der Waals surface area contributed by atoms with Gasteiger partial charge in [-0.05, 0) is 49.7 Å². The summed E-state index contributed by atoms with van der Waals surface area (Å²) >= 11 is 0. The molecule has 1 aromatic rings. The first kappa shape index (κ1) is 14.2. The van der Waals surface area contributed by atoms with Crippen LogP contribution in [0.1, 0.15) is 50.8 Å². The lowest BCUT2D eigenvalue weighted by Crippen LogP contribution is -2.42. The van der Waals surface area contributed by atoms with Gasteiger partial charge < -0.3 is 5.11 Å². The molecule has 3 nitrogen and oxygen atoms in total. The highest BCUT2D eigenvalue weighted by Gasteiger charge is 2.38. The maximum absolute atomic E-state index is 12.3. The maximum Gasteiger partial charge on any atom is 0.170 e. The van der Waals surface area contributed by atoms with E-state index < -0.39 is 5.60 Å². The van der Waals surface area contributed by atoms with Crippen LogP contribution in [0.2, 0.25) is 0 Å². The Hall–Kier alpha value is -1.22. The predicted octanol–water partition coefficient (Wildman–Crippen LogP) is 2.70. The van der Waals surface area contributed by atoms with Crippen molar-refractivity contribution in [1.82, 2.24) is 4.98 Å². The van der Waals surface area contributed by atoms with E-state index >= 15 is 0 Å². The third-order valence-corrected chi connectivity index (χ3v) is 4.26. The summed E-state index contributed by atoms with van der Waals surface area (Å²) in [5.74, 6) is 0.547. The molecule has 0 atom stereocenters. The quantitative estimate of drug-likeness (QED) is 0.906. The molecule has 0 amide bonds. The average Bonchev–Trinajstić information content (AvgIpc) is 2.43. The summed E-state index contributed by atoms with van der Waals surface area (Å²) in [5, 5.41) is 10.4. The van der Waals surface area contributed by atoms with Gasteiger partial charge >= 0.3 is 0 Å². The minimum Gasteiger partial charge on any atom is -0.382 e. The highest BCUT2D eigenvalue weighted by molar-refractivity contribution is 5.88. The van der Waals surface area contributed by atoms with E-state index in [0.717, 1.165) is 25.0 Å². The number of aromatic nitrogens is 1. The third kappa shape index (κ3) is 3.41. The highest BCUT2D eigenvalue weighted by atomic mass is 16.3. The molecule has 0 aliphatic heterocycles. The second-order valence-corrected chi connectivity index (χ2v) is 5.83. The molecule has 0 radical (unpaired) electrons. The monoisotopic (exact) mass is 261 g/mol. The van der Waals surface area contributed by atoms with E-state index in [0.29, 0.717) is 18.8 Å². The third-order valence-electron chi connectivity index (χ3n) is 4.26. The van der Waals surface area contributed by atoms with Crippen molar-refractivity contribution in [3.8, 4) is 0 Å². The van der Waals surface area contributed by atoms with Crippen LogP contribution in [0.25, 0.3) is 0 Å². The first-order valence-electron chi connectivity index (χ1n) is 7.23. The lowest BCUT2D eigenvalue weighted by Gasteiger charge is -2.33. The van der Waals surface area contributed by atoms with Gasteiger partial charge in [0.25, 0.3) is 0 Å². The topological polar surface area (TPSA) is 50.2 Å². The number of carbonyl (C=O) groups excluding carboxylic acids is 1. The van der Waals surface area contributed by atoms with E-state index in [1.165, 1.54) is 5.56 Å². The van der Waals surface area contributed by atoms with Gasteiger partial charge in [0.05, 0.1) is 6.42 Å². The molecule has 0 aromatic carbocycles. The SMILES string of the molecule is CCc1ccc(CC(=O)C2(O)CCC(C)CC2)nc1. The molecule has 1 aromatic heterocycles. The Morgan fingerprint density at radius 3 is 2.63 bits per heavy atom. The molecule has 0 spiro atoms. The number of ketones is 1. The molecule has 1 saturated carbocycles. The first-order valence-corrected chi connectivity index (χ1v) is 7.23. The number of aryl methyl sites for hydroxylation is 1. The van der Waals surface area contributed by atoms with Gasteiger partial charge in [-0.1, -0.05) is 19.9 Å². The van der Waals surface area contributed by atoms with Crippen LogP contribution in [0.3, 0.4) is 0 Å². The van der Waals surface area contributed by atoms with Crippen LogP contribution in [0.5, 0.6) is 0 Å². The van der Waals surface area contributed by atoms with Crippen LogP contribution in [0.15, 0.2) is 18.3 Å². The normalized spacial score (nSPS) is 27.2. The predicted molar refractivity (Wildman–Crippen MR) is 74.9 cm³/mol. The smallest absolute Gasteiger partial charge is 0.170 e. The van der Waals surface area contributed by atoms with Crippen LogP contribution in [0.4, 0.5) is 0 Å². The zero-order valence-corrected chi connectivity index (χ0v) is 11.9. The molecule has 1 N–H and O–H groups in total. The standard InChI is InChI=1S/C16H23NO2/c1-3-13-4-5-14(17-11-13)10-15(18)16(19)8-6-12(2)7-9-16/h4-5,11-12,19H,3,6-10H2,1-2H3. The van der Waals surface area contributed by atoms with Crippen LogP contribution in [0, 0.1) is 5.92 Å². The minimum atomic E-state index is -1.11. The van der Waals surface area contributed by atoms with Crippen molar-refractivity contribution >= 4 is 5.78 Å². The van der Waals surface area contributed by atoms with E-state index in [1.54, 1.807) is 0 Å². The maximum atomic E-state index is 12.3. The van der Waals surface area contributed by atoms with Crippen molar-refractivity contribution in [2.75, 3.05) is 0 Å². The number of Topliss-reactive ketones (excluding diaryl/α,β-unsaturated/α-hetero) is 1. The summed E-state index contributed by atoms with van der Waals surface area (Å²) in [5.41, 5.74) is 0.813. The van der Waals surface area contributed by atoms with Crippen molar-refractivity contribution in [3.05, 3.63) is 29.6 Å². The molecule has 0 unspecified atom stereocenters. The van der Waals surface area contributed by atoms with E-state index in [4.69, 9.17) is 0 Å². The van der Waals surface area contributed by atoms with Gasteiger partial charge in [0.1, 0.15) is 5.60 Å². The van der Waals surface area contributed by atoms with Crippen molar-refractivity contribution in [2.45, 2.75) is 58.0 Å². The summed E-state index contributed by atoms with van der Waals surface area (Å²) in [6, 6.07) is 3.90. The molecule has 1 aliphatic carbocycles. The Labute approximate surface area is 115 Å². The van der Waals surface area contributed by atoms with Crippen molar-refractivity contribution in [3.63, 3.8) is 0 Å². The second kappa shape index (κ2) is 5.83. The largest absolute Gasteiger partial charge is 0.382 e. The minimum absolute atomic E-state index is 0.0730. The molecule has 1 fully saturated rings. The van der Waals surface area contributed by atoms with E-state index in [1.807, 2.05) is 18.3 Å². The van der Waals surface area contributed by atoms with Gasteiger partial charge in [0.2, 0.25) is 0 Å². The number of hydrogen-bond acceptors (Lipinski definition) is 3. The lowest BCUT2D eigenvalue weighted by molar-refractivity contribution is -0.140. The van der Waals surface area contributed by atoms with Crippen LogP contribution in [-0.4, -0.2) is 21.5 Å². The lowest BCUT2D eigenvalue weighted by atomic mass is 9.76. The number of nitrogens with zero attached hydrogens (tertiary/aromatic N) is 1. The van der Waals surface area contributed by atoms with Gasteiger partial charge in [-0.25, -0.2) is 0 Å². The van der Waals surface area contributed by atoms with E-state index in [-0.39, 0.29) is 12.2 Å². The Balaban J connectivity index is 1.99. The van der Waals surface area contributed by atoms with Crippen molar-refractivity contribution in [2.24, 2.45) is 5.92 Å². The molecule has 0 bridgehead atoms. The molecular weight excluding hydrogens is 238 g/mol. The fourth-order valence-corrected chi connectivity index (χ4v) is 2.62. The number of carbonyl (C=O) groups is 1. The van der Waals surface area contributed by atoms with Gasteiger partial charge in [0.15, 0.2) is 5.78 Å². The summed E-state index contributed by atoms with van der Waals surface area (Å²) in [4.78, 5) is 16.6. The number of aliphatic hydroxyl groups is 1. The average molecular weight is 261 g/mol. The van der Waals surface area contributed by atoms with Crippen LogP contribution >= 0.6 is 0 Å². The van der Waals surface area contributed by atoms with Gasteiger partial charge in [-0.15, -0.1) is 0 Å². The van der Waals surface area contributed by atoms with Gasteiger partial charge in [0, 0.05) is 11.9 Å². The van der Waals surface area contributed by atoms with Crippen molar-refractivity contribution in [1.29, 1.82) is 0 Å². The molecular formula is C16H23NO2. The zero-order chi connectivity index (χ0) is 13.9. The molecule has 2 rings (SSSR count). The fourth-order valence-electron chi connectivity index (χ4n) is 2.62. The number of pyridine rings is 1. The Kier molecular flexibility index (Phi) is 4.35. The zero-order valence-electron chi connectivity index (χ0n) is 11.9. The first-order chi connectivity index (χ1) is 9.03. The number of rotatable bonds is 4. The molecule has 104 valence electrons. The Morgan fingerprint density at radius 2 is 2.11 bits per heavy atom. The summed E-state index contributed by atoms with van der Waals surface area (Å²) in [6.07, 6.45) is 6.07. The van der Waals surface area contributed by atoms with Crippen molar-refractivity contribution < 1.29 is 9.90 Å². The molecule has 3 heteroatoms. The highest BCUT2D eigenvalue weighted by Crippen LogP contribution is 2.33. The van der Waals surface area contributed by atoms with Gasteiger partial charge in [-0.2, -0.15) is 0 Å². The summed E-state index contributed by atoms with van der Waals surface area (Å²) in [6.45, 7) is 4.25. The Morgan fingerprint density at radius 1 is 1.42 bits per heavy atom. The van der Waals surface area contributed by atoms with Crippen LogP contribution < -0.4 is 0 Å². The van der Waals surface area contributed by atoms with E-state index in [2.05, 4.69) is 18.8 Å². The molecule has 1 aliphatic rings. The van der Waals surface area contributed by atoms with E-state index in [9.17, 15) is 9.90 Å². The second-order valence-electron chi connectivity index (χ2n) is 5.83.